The average molecular weight is 402 g/mol. The summed E-state index contributed by atoms with van der Waals surface area (Å²) in [6.45, 7) is 4.38. The molecule has 2 aromatic heterocycles. The zero-order valence-corrected chi connectivity index (χ0v) is 16.3. The van der Waals surface area contributed by atoms with Crippen molar-refractivity contribution in [1.82, 2.24) is 23.9 Å². The minimum Gasteiger partial charge on any atom is -0.350 e. The van der Waals surface area contributed by atoms with E-state index in [1.54, 1.807) is 0 Å². The number of aromatic nitrogens is 2. The normalized spacial score (nSPS) is 15.2. The van der Waals surface area contributed by atoms with E-state index < -0.39 is 0 Å². The predicted octanol–water partition coefficient (Wildman–Crippen LogP) is 1.94. The number of carbonyl (C=O) groups excluding carboxylic acids is 2. The van der Waals surface area contributed by atoms with Gasteiger partial charge in [0.25, 0.3) is 11.8 Å². The Kier molecular flexibility index (Phi) is 5.42. The van der Waals surface area contributed by atoms with E-state index in [2.05, 4.69) is 19.0 Å². The molecule has 3 aromatic rings. The first kappa shape index (κ1) is 18.0. The Morgan fingerprint density at radius 3 is 2.67 bits per heavy atom. The lowest BCUT2D eigenvalue weighted by molar-refractivity contribution is 0.0638. The second-order valence-corrected chi connectivity index (χ2v) is 7.81. The van der Waals surface area contributed by atoms with Gasteiger partial charge in [0.1, 0.15) is 11.0 Å². The highest BCUT2D eigenvalue weighted by Gasteiger charge is 2.22. The maximum absolute atomic E-state index is 12.7. The monoisotopic (exact) mass is 401 g/mol. The number of amides is 2. The van der Waals surface area contributed by atoms with Crippen LogP contribution in [-0.4, -0.2) is 69.6 Å². The first-order valence-corrected chi connectivity index (χ1v) is 10.4. The van der Waals surface area contributed by atoms with Crippen molar-refractivity contribution in [2.24, 2.45) is 0 Å². The Morgan fingerprint density at radius 2 is 1.89 bits per heavy atom. The molecule has 140 valence electrons. The topological polar surface area (TPSA) is 78.4 Å². The number of fused-ring (bicyclic) bond motifs is 1. The van der Waals surface area contributed by atoms with Gasteiger partial charge in [-0.1, -0.05) is 6.07 Å². The summed E-state index contributed by atoms with van der Waals surface area (Å²) in [5.41, 5.74) is 2.25. The van der Waals surface area contributed by atoms with Gasteiger partial charge in [-0.15, -0.1) is 11.3 Å². The van der Waals surface area contributed by atoms with Gasteiger partial charge in [-0.2, -0.15) is 8.75 Å². The lowest BCUT2D eigenvalue weighted by atomic mass is 10.1. The van der Waals surface area contributed by atoms with Crippen LogP contribution in [0.3, 0.4) is 0 Å². The molecule has 0 saturated carbocycles. The molecule has 1 N–H and O–H groups in total. The summed E-state index contributed by atoms with van der Waals surface area (Å²) in [6.07, 6.45) is 0. The SMILES string of the molecule is O=C(NCCN1CCN(C(=O)c2ccc3nsnc3c2)CC1)c1cccs1. The number of nitrogens with zero attached hydrogens (tertiary/aromatic N) is 4. The molecule has 3 heterocycles. The summed E-state index contributed by atoms with van der Waals surface area (Å²) in [5.74, 6) is 0.0151. The van der Waals surface area contributed by atoms with Crippen LogP contribution >= 0.6 is 23.1 Å². The largest absolute Gasteiger partial charge is 0.350 e. The second-order valence-electron chi connectivity index (χ2n) is 6.33. The van der Waals surface area contributed by atoms with Crippen LogP contribution < -0.4 is 5.32 Å². The third-order valence-corrected chi connectivity index (χ3v) is 6.04. The predicted molar refractivity (Wildman–Crippen MR) is 106 cm³/mol. The number of nitrogens with one attached hydrogen (secondary N) is 1. The van der Waals surface area contributed by atoms with E-state index in [9.17, 15) is 9.59 Å². The second kappa shape index (κ2) is 8.12. The minimum atomic E-state index is -0.0225. The van der Waals surface area contributed by atoms with E-state index in [1.807, 2.05) is 40.6 Å². The Balaban J connectivity index is 1.24. The maximum atomic E-state index is 12.7. The Bertz CT molecular complexity index is 932. The number of benzene rings is 1. The standard InChI is InChI=1S/C18H19N5O2S2/c24-17(16-2-1-11-26-16)19-5-6-22-7-9-23(10-8-22)18(25)13-3-4-14-15(12-13)21-27-20-14/h1-4,11-12H,5-10H2,(H,19,24). The summed E-state index contributed by atoms with van der Waals surface area (Å²) in [6, 6.07) is 9.17. The van der Waals surface area contributed by atoms with Crippen LogP contribution in [0.2, 0.25) is 0 Å². The maximum Gasteiger partial charge on any atom is 0.261 e. The lowest BCUT2D eigenvalue weighted by Gasteiger charge is -2.34. The van der Waals surface area contributed by atoms with Gasteiger partial charge in [-0.3, -0.25) is 14.5 Å². The summed E-state index contributed by atoms with van der Waals surface area (Å²) in [4.78, 5) is 29.5. The van der Waals surface area contributed by atoms with Gasteiger partial charge in [0.15, 0.2) is 0 Å². The van der Waals surface area contributed by atoms with E-state index >= 15 is 0 Å². The van der Waals surface area contributed by atoms with Gasteiger partial charge in [-0.05, 0) is 29.6 Å². The Morgan fingerprint density at radius 1 is 1.07 bits per heavy atom. The fourth-order valence-electron chi connectivity index (χ4n) is 3.09. The summed E-state index contributed by atoms with van der Waals surface area (Å²) < 4.78 is 8.37. The van der Waals surface area contributed by atoms with Gasteiger partial charge in [0.2, 0.25) is 0 Å². The highest BCUT2D eigenvalue weighted by atomic mass is 32.1. The van der Waals surface area contributed by atoms with Crippen molar-refractivity contribution in [3.8, 4) is 0 Å². The van der Waals surface area contributed by atoms with E-state index in [-0.39, 0.29) is 11.8 Å². The summed E-state index contributed by atoms with van der Waals surface area (Å²) in [5, 5.41) is 4.84. The molecule has 27 heavy (non-hydrogen) atoms. The zero-order chi connectivity index (χ0) is 18.6. The molecule has 1 aromatic carbocycles. The van der Waals surface area contributed by atoms with Gasteiger partial charge in [0.05, 0.1) is 16.6 Å². The molecule has 7 nitrogen and oxygen atoms in total. The molecule has 2 amide bonds. The Hall–Kier alpha value is -2.36. The average Bonchev–Trinajstić information content (AvgIpc) is 3.39. The lowest BCUT2D eigenvalue weighted by Crippen LogP contribution is -2.50. The van der Waals surface area contributed by atoms with Crippen LogP contribution in [0.1, 0.15) is 20.0 Å². The molecule has 0 aliphatic carbocycles. The van der Waals surface area contributed by atoms with Crippen LogP contribution in [0.4, 0.5) is 0 Å². The minimum absolute atomic E-state index is 0.0225. The van der Waals surface area contributed by atoms with Crippen molar-refractivity contribution in [2.75, 3.05) is 39.3 Å². The number of piperazine rings is 1. The molecule has 1 aliphatic heterocycles. The first-order chi connectivity index (χ1) is 13.2. The summed E-state index contributed by atoms with van der Waals surface area (Å²) >= 11 is 2.60. The fourth-order valence-corrected chi connectivity index (χ4v) is 4.25. The number of hydrogen-bond acceptors (Lipinski definition) is 7. The van der Waals surface area contributed by atoms with Crippen LogP contribution in [0.5, 0.6) is 0 Å². The molecule has 1 saturated heterocycles. The highest BCUT2D eigenvalue weighted by molar-refractivity contribution is 7.12. The highest BCUT2D eigenvalue weighted by Crippen LogP contribution is 2.16. The molecule has 0 bridgehead atoms. The van der Waals surface area contributed by atoms with E-state index in [4.69, 9.17) is 0 Å². The quantitative estimate of drug-likeness (QED) is 0.707. The van der Waals surface area contributed by atoms with Gasteiger partial charge >= 0.3 is 0 Å². The van der Waals surface area contributed by atoms with Crippen LogP contribution in [0.15, 0.2) is 35.7 Å². The van der Waals surface area contributed by atoms with Gasteiger partial charge in [-0.25, -0.2) is 0 Å². The van der Waals surface area contributed by atoms with E-state index in [0.717, 1.165) is 47.3 Å². The molecule has 0 atom stereocenters. The van der Waals surface area contributed by atoms with Crippen molar-refractivity contribution in [2.45, 2.75) is 0 Å². The number of hydrogen-bond donors (Lipinski definition) is 1. The number of carbonyl (C=O) groups is 2. The van der Waals surface area contributed by atoms with Crippen molar-refractivity contribution in [3.05, 3.63) is 46.2 Å². The molecular weight excluding hydrogens is 382 g/mol. The molecular formula is C18H19N5O2S2. The third kappa shape index (κ3) is 4.15. The molecule has 4 rings (SSSR count). The zero-order valence-electron chi connectivity index (χ0n) is 14.6. The molecule has 0 unspecified atom stereocenters. The molecule has 0 spiro atoms. The molecule has 9 heteroatoms. The molecule has 0 radical (unpaired) electrons. The summed E-state index contributed by atoms with van der Waals surface area (Å²) in [7, 11) is 0. The van der Waals surface area contributed by atoms with E-state index in [0.29, 0.717) is 25.2 Å². The van der Waals surface area contributed by atoms with Crippen molar-refractivity contribution < 1.29 is 9.59 Å². The number of rotatable bonds is 5. The van der Waals surface area contributed by atoms with Crippen molar-refractivity contribution in [3.63, 3.8) is 0 Å². The fraction of sp³-hybridized carbons (Fsp3) is 0.333. The van der Waals surface area contributed by atoms with Crippen molar-refractivity contribution >= 4 is 45.9 Å². The van der Waals surface area contributed by atoms with Crippen LogP contribution in [0.25, 0.3) is 11.0 Å². The Labute approximate surface area is 164 Å². The van der Waals surface area contributed by atoms with Crippen molar-refractivity contribution in [1.29, 1.82) is 0 Å². The smallest absolute Gasteiger partial charge is 0.261 e. The molecule has 1 aliphatic rings. The van der Waals surface area contributed by atoms with Crippen LogP contribution in [-0.2, 0) is 0 Å². The van der Waals surface area contributed by atoms with Gasteiger partial charge in [0, 0.05) is 44.8 Å². The van der Waals surface area contributed by atoms with E-state index in [1.165, 1.54) is 11.3 Å². The first-order valence-electron chi connectivity index (χ1n) is 8.76. The molecule has 1 fully saturated rings. The van der Waals surface area contributed by atoms with Gasteiger partial charge < -0.3 is 10.2 Å². The van der Waals surface area contributed by atoms with Crippen LogP contribution in [0, 0.1) is 0 Å². The number of thiophene rings is 1. The third-order valence-electron chi connectivity index (χ3n) is 4.62.